The fraction of sp³-hybridized carbons (Fsp3) is 0.600. The standard InChI is InChI=1S/C10H16N4O/c1-14-9(4-6-12-14)13-8-3-2-5-11-10(15)7-8/h4,6,8,13H,2-3,5,7H2,1H3,(H,11,15). The van der Waals surface area contributed by atoms with Crippen LogP contribution in [0.4, 0.5) is 5.82 Å². The highest BCUT2D eigenvalue weighted by Crippen LogP contribution is 2.13. The van der Waals surface area contributed by atoms with Crippen molar-refractivity contribution in [2.75, 3.05) is 11.9 Å². The number of nitrogens with zero attached hydrogens (tertiary/aromatic N) is 2. The normalized spacial score (nSPS) is 21.9. The van der Waals surface area contributed by atoms with Gasteiger partial charge in [0.15, 0.2) is 0 Å². The molecule has 15 heavy (non-hydrogen) atoms. The molecule has 5 heteroatoms. The molecule has 0 saturated carbocycles. The number of aryl methyl sites for hydroxylation is 1. The van der Waals surface area contributed by atoms with E-state index in [9.17, 15) is 4.79 Å². The van der Waals surface area contributed by atoms with E-state index in [-0.39, 0.29) is 11.9 Å². The van der Waals surface area contributed by atoms with Gasteiger partial charge in [0.1, 0.15) is 5.82 Å². The number of carbonyl (C=O) groups is 1. The minimum absolute atomic E-state index is 0.132. The van der Waals surface area contributed by atoms with Crippen LogP contribution in [0.3, 0.4) is 0 Å². The van der Waals surface area contributed by atoms with Crippen LogP contribution < -0.4 is 10.6 Å². The van der Waals surface area contributed by atoms with E-state index in [0.717, 1.165) is 25.2 Å². The Balaban J connectivity index is 1.98. The Bertz CT molecular complexity index is 347. The highest BCUT2D eigenvalue weighted by Gasteiger charge is 2.17. The summed E-state index contributed by atoms with van der Waals surface area (Å²) >= 11 is 0. The quantitative estimate of drug-likeness (QED) is 0.744. The fourth-order valence-electron chi connectivity index (χ4n) is 1.82. The SMILES string of the molecule is Cn1nccc1NC1CCCNC(=O)C1. The van der Waals surface area contributed by atoms with Gasteiger partial charge in [0.25, 0.3) is 0 Å². The smallest absolute Gasteiger partial charge is 0.222 e. The highest BCUT2D eigenvalue weighted by molar-refractivity contribution is 5.77. The molecule has 1 fully saturated rings. The van der Waals surface area contributed by atoms with E-state index in [1.54, 1.807) is 10.9 Å². The molecule has 0 radical (unpaired) electrons. The van der Waals surface area contributed by atoms with Crippen LogP contribution in [-0.2, 0) is 11.8 Å². The van der Waals surface area contributed by atoms with Crippen LogP contribution in [0.25, 0.3) is 0 Å². The number of nitrogens with one attached hydrogen (secondary N) is 2. The van der Waals surface area contributed by atoms with Gasteiger partial charge in [0.2, 0.25) is 5.91 Å². The molecule has 1 unspecified atom stereocenters. The van der Waals surface area contributed by atoms with Crippen molar-refractivity contribution < 1.29 is 4.79 Å². The first-order valence-corrected chi connectivity index (χ1v) is 5.27. The third-order valence-corrected chi connectivity index (χ3v) is 2.66. The van der Waals surface area contributed by atoms with E-state index < -0.39 is 0 Å². The van der Waals surface area contributed by atoms with Gasteiger partial charge in [0.05, 0.1) is 6.20 Å². The van der Waals surface area contributed by atoms with E-state index in [1.807, 2.05) is 13.1 Å². The molecule has 1 aromatic rings. The van der Waals surface area contributed by atoms with Gasteiger partial charge in [-0.15, -0.1) is 0 Å². The van der Waals surface area contributed by atoms with Crippen LogP contribution in [0.1, 0.15) is 19.3 Å². The summed E-state index contributed by atoms with van der Waals surface area (Å²) in [4.78, 5) is 11.3. The first kappa shape index (κ1) is 10.0. The number of aromatic nitrogens is 2. The summed E-state index contributed by atoms with van der Waals surface area (Å²) in [5, 5.41) is 10.3. The summed E-state index contributed by atoms with van der Waals surface area (Å²) in [5.74, 6) is 1.10. The predicted octanol–water partition coefficient (Wildman–Crippen LogP) is 0.501. The van der Waals surface area contributed by atoms with Crippen molar-refractivity contribution >= 4 is 11.7 Å². The molecule has 1 aliphatic rings. The summed E-state index contributed by atoms with van der Waals surface area (Å²) in [6.07, 6.45) is 4.34. The lowest BCUT2D eigenvalue weighted by Crippen LogP contribution is -2.27. The van der Waals surface area contributed by atoms with Gasteiger partial charge in [-0.2, -0.15) is 5.10 Å². The lowest BCUT2D eigenvalue weighted by atomic mass is 10.1. The second-order valence-electron chi connectivity index (χ2n) is 3.88. The molecule has 2 N–H and O–H groups in total. The van der Waals surface area contributed by atoms with Gasteiger partial charge in [0, 0.05) is 32.1 Å². The van der Waals surface area contributed by atoms with Crippen molar-refractivity contribution in [3.63, 3.8) is 0 Å². The number of amides is 1. The zero-order valence-electron chi connectivity index (χ0n) is 8.86. The molecule has 0 aliphatic carbocycles. The average molecular weight is 208 g/mol. The molecule has 82 valence electrons. The molecule has 5 nitrogen and oxygen atoms in total. The van der Waals surface area contributed by atoms with E-state index in [0.29, 0.717) is 6.42 Å². The summed E-state index contributed by atoms with van der Waals surface area (Å²) < 4.78 is 1.78. The van der Waals surface area contributed by atoms with Crippen LogP contribution >= 0.6 is 0 Å². The van der Waals surface area contributed by atoms with Crippen molar-refractivity contribution in [3.8, 4) is 0 Å². The zero-order chi connectivity index (χ0) is 10.7. The number of carbonyl (C=O) groups excluding carboxylic acids is 1. The van der Waals surface area contributed by atoms with Gasteiger partial charge in [-0.3, -0.25) is 9.48 Å². The maximum absolute atomic E-state index is 11.3. The largest absolute Gasteiger partial charge is 0.367 e. The van der Waals surface area contributed by atoms with Crippen LogP contribution in [-0.4, -0.2) is 28.3 Å². The van der Waals surface area contributed by atoms with Crippen molar-refractivity contribution in [1.82, 2.24) is 15.1 Å². The Hall–Kier alpha value is -1.52. The van der Waals surface area contributed by atoms with Crippen LogP contribution in [0.5, 0.6) is 0 Å². The molecule has 2 rings (SSSR count). The van der Waals surface area contributed by atoms with Crippen molar-refractivity contribution in [3.05, 3.63) is 12.3 Å². The van der Waals surface area contributed by atoms with E-state index in [1.165, 1.54) is 0 Å². The molecule has 1 atom stereocenters. The molecular weight excluding hydrogens is 192 g/mol. The van der Waals surface area contributed by atoms with Crippen LogP contribution in [0.15, 0.2) is 12.3 Å². The Morgan fingerprint density at radius 3 is 3.27 bits per heavy atom. The highest BCUT2D eigenvalue weighted by atomic mass is 16.1. The van der Waals surface area contributed by atoms with Crippen LogP contribution in [0, 0.1) is 0 Å². The lowest BCUT2D eigenvalue weighted by Gasteiger charge is -2.16. The summed E-state index contributed by atoms with van der Waals surface area (Å²) in [5.41, 5.74) is 0. The number of anilines is 1. The minimum Gasteiger partial charge on any atom is -0.367 e. The molecule has 2 heterocycles. The fourth-order valence-corrected chi connectivity index (χ4v) is 1.82. The van der Waals surface area contributed by atoms with E-state index in [2.05, 4.69) is 15.7 Å². The van der Waals surface area contributed by atoms with Gasteiger partial charge in [-0.05, 0) is 12.8 Å². The Morgan fingerprint density at radius 1 is 1.67 bits per heavy atom. The predicted molar refractivity (Wildman–Crippen MR) is 57.5 cm³/mol. The molecule has 0 aromatic carbocycles. The first-order chi connectivity index (χ1) is 7.25. The second-order valence-corrected chi connectivity index (χ2v) is 3.88. The van der Waals surface area contributed by atoms with E-state index >= 15 is 0 Å². The summed E-state index contributed by atoms with van der Waals surface area (Å²) in [7, 11) is 1.89. The second kappa shape index (κ2) is 4.33. The minimum atomic E-state index is 0.132. The maximum Gasteiger partial charge on any atom is 0.222 e. The molecule has 0 bridgehead atoms. The van der Waals surface area contributed by atoms with Gasteiger partial charge in [-0.25, -0.2) is 0 Å². The molecule has 1 aromatic heterocycles. The van der Waals surface area contributed by atoms with Crippen molar-refractivity contribution in [1.29, 1.82) is 0 Å². The third-order valence-electron chi connectivity index (χ3n) is 2.66. The van der Waals surface area contributed by atoms with Crippen molar-refractivity contribution in [2.45, 2.75) is 25.3 Å². The summed E-state index contributed by atoms with van der Waals surface area (Å²) in [6.45, 7) is 0.794. The Labute approximate surface area is 88.8 Å². The van der Waals surface area contributed by atoms with Gasteiger partial charge < -0.3 is 10.6 Å². The topological polar surface area (TPSA) is 59.0 Å². The van der Waals surface area contributed by atoms with Gasteiger partial charge >= 0.3 is 0 Å². The van der Waals surface area contributed by atoms with Crippen molar-refractivity contribution in [2.24, 2.45) is 7.05 Å². The number of rotatable bonds is 2. The maximum atomic E-state index is 11.3. The monoisotopic (exact) mass is 208 g/mol. The first-order valence-electron chi connectivity index (χ1n) is 5.27. The average Bonchev–Trinajstić information content (AvgIpc) is 2.48. The number of hydrogen-bond donors (Lipinski definition) is 2. The van der Waals surface area contributed by atoms with Crippen LogP contribution in [0.2, 0.25) is 0 Å². The number of hydrogen-bond acceptors (Lipinski definition) is 3. The molecule has 0 spiro atoms. The molecule has 1 saturated heterocycles. The molecule has 1 aliphatic heterocycles. The lowest BCUT2D eigenvalue weighted by molar-refractivity contribution is -0.120. The summed E-state index contributed by atoms with van der Waals surface area (Å²) in [6, 6.07) is 2.14. The van der Waals surface area contributed by atoms with E-state index in [4.69, 9.17) is 0 Å². The zero-order valence-corrected chi connectivity index (χ0v) is 8.86. The third kappa shape index (κ3) is 2.49. The molecular formula is C10H16N4O. The Kier molecular flexibility index (Phi) is 2.89. The Morgan fingerprint density at radius 2 is 2.53 bits per heavy atom. The van der Waals surface area contributed by atoms with Gasteiger partial charge in [-0.1, -0.05) is 0 Å². The molecule has 1 amide bonds.